The largest absolute Gasteiger partial charge is 0.392 e. The molecular formula is C27H36N4O4. The van der Waals surface area contributed by atoms with Crippen LogP contribution in [0, 0.1) is 0 Å². The number of rotatable bonds is 7. The predicted octanol–water partition coefficient (Wildman–Crippen LogP) is 2.55. The molecule has 8 heteroatoms. The molecule has 35 heavy (non-hydrogen) atoms. The maximum absolute atomic E-state index is 13.9. The Hall–Kier alpha value is -2.81. The Labute approximate surface area is 206 Å². The van der Waals surface area contributed by atoms with Crippen molar-refractivity contribution >= 4 is 17.5 Å². The third-order valence-corrected chi connectivity index (χ3v) is 6.95. The van der Waals surface area contributed by atoms with Crippen molar-refractivity contribution in [2.75, 3.05) is 11.4 Å². The topological polar surface area (TPSA) is 115 Å². The lowest BCUT2D eigenvalue weighted by molar-refractivity contribution is -0.128. The van der Waals surface area contributed by atoms with Crippen LogP contribution in [0.5, 0.6) is 0 Å². The molecule has 1 aromatic heterocycles. The molecule has 0 radical (unpaired) electrons. The monoisotopic (exact) mass is 480 g/mol. The van der Waals surface area contributed by atoms with Gasteiger partial charge in [0.2, 0.25) is 11.8 Å². The molecule has 2 amide bonds. The molecule has 4 rings (SSSR count). The minimum absolute atomic E-state index is 0.0800. The summed E-state index contributed by atoms with van der Waals surface area (Å²) in [6.45, 7) is 3.73. The van der Waals surface area contributed by atoms with Crippen LogP contribution in [0.15, 0.2) is 48.8 Å². The highest BCUT2D eigenvalue weighted by molar-refractivity contribution is 6.04. The summed E-state index contributed by atoms with van der Waals surface area (Å²) in [4.78, 5) is 33.4. The number of β-amino-alcohol motifs (C(OH)–C–C–N with tert-alkyl or cyclic N) is 1. The summed E-state index contributed by atoms with van der Waals surface area (Å²) in [5.74, 6) is -0.534. The first-order chi connectivity index (χ1) is 16.7. The van der Waals surface area contributed by atoms with E-state index in [9.17, 15) is 19.8 Å². The van der Waals surface area contributed by atoms with Gasteiger partial charge in [-0.15, -0.1) is 0 Å². The summed E-state index contributed by atoms with van der Waals surface area (Å²) in [5, 5.41) is 26.7. The van der Waals surface area contributed by atoms with Gasteiger partial charge in [0.25, 0.3) is 0 Å². The standard InChI is InChI=1S/C27H36N4O4/c1-27(2,35)19-10-12-21(13-11-19)31(26(34)23-15-22(32)17-29-23)24(18-7-6-14-28-16-18)25(33)30-20-8-4-3-5-9-20/h6-7,10-14,16,20,22-24,29,32,35H,3-5,8-9,15,17H2,1-2H3,(H,30,33). The van der Waals surface area contributed by atoms with Gasteiger partial charge in [0, 0.05) is 36.2 Å². The molecule has 0 bridgehead atoms. The molecule has 1 aromatic carbocycles. The third kappa shape index (κ3) is 6.07. The summed E-state index contributed by atoms with van der Waals surface area (Å²) in [6, 6.07) is 9.16. The molecule has 0 spiro atoms. The number of nitrogens with zero attached hydrogens (tertiary/aromatic N) is 2. The fourth-order valence-corrected chi connectivity index (χ4v) is 4.99. The van der Waals surface area contributed by atoms with Crippen LogP contribution in [0.2, 0.25) is 0 Å². The molecule has 188 valence electrons. The second-order valence-electron chi connectivity index (χ2n) is 10.2. The summed E-state index contributed by atoms with van der Waals surface area (Å²) in [5.41, 5.74) is 0.816. The quantitative estimate of drug-likeness (QED) is 0.484. The zero-order valence-corrected chi connectivity index (χ0v) is 20.5. The molecule has 2 aromatic rings. The van der Waals surface area contributed by atoms with Gasteiger partial charge in [0.15, 0.2) is 0 Å². The van der Waals surface area contributed by atoms with Crippen LogP contribution in [0.4, 0.5) is 5.69 Å². The molecular weight excluding hydrogens is 444 g/mol. The summed E-state index contributed by atoms with van der Waals surface area (Å²) in [7, 11) is 0. The number of carbonyl (C=O) groups excluding carboxylic acids is 2. The fourth-order valence-electron chi connectivity index (χ4n) is 4.99. The number of amides is 2. The second-order valence-corrected chi connectivity index (χ2v) is 10.2. The number of nitrogens with one attached hydrogen (secondary N) is 2. The van der Waals surface area contributed by atoms with E-state index < -0.39 is 23.8 Å². The average molecular weight is 481 g/mol. The average Bonchev–Trinajstić information content (AvgIpc) is 3.29. The van der Waals surface area contributed by atoms with Gasteiger partial charge >= 0.3 is 0 Å². The Balaban J connectivity index is 1.74. The first-order valence-corrected chi connectivity index (χ1v) is 12.5. The summed E-state index contributed by atoms with van der Waals surface area (Å²) in [6.07, 6.45) is 8.10. The van der Waals surface area contributed by atoms with Gasteiger partial charge in [0.1, 0.15) is 6.04 Å². The van der Waals surface area contributed by atoms with Gasteiger partial charge in [-0.05, 0) is 56.9 Å². The predicted molar refractivity (Wildman–Crippen MR) is 134 cm³/mol. The molecule has 1 aliphatic heterocycles. The number of pyridine rings is 1. The summed E-state index contributed by atoms with van der Waals surface area (Å²) >= 11 is 0. The zero-order valence-electron chi connectivity index (χ0n) is 20.5. The Morgan fingerprint density at radius 3 is 2.43 bits per heavy atom. The number of aliphatic hydroxyl groups is 2. The van der Waals surface area contributed by atoms with Crippen LogP contribution in [0.1, 0.15) is 69.5 Å². The maximum Gasteiger partial charge on any atom is 0.248 e. The lowest BCUT2D eigenvalue weighted by Gasteiger charge is -2.35. The molecule has 1 saturated carbocycles. The van der Waals surface area contributed by atoms with Crippen molar-refractivity contribution in [1.82, 2.24) is 15.6 Å². The summed E-state index contributed by atoms with van der Waals surface area (Å²) < 4.78 is 0. The van der Waals surface area contributed by atoms with E-state index in [-0.39, 0.29) is 24.3 Å². The van der Waals surface area contributed by atoms with E-state index in [2.05, 4.69) is 15.6 Å². The maximum atomic E-state index is 13.9. The van der Waals surface area contributed by atoms with E-state index in [1.165, 1.54) is 11.3 Å². The second kappa shape index (κ2) is 10.8. The Morgan fingerprint density at radius 1 is 1.14 bits per heavy atom. The molecule has 8 nitrogen and oxygen atoms in total. The first kappa shape index (κ1) is 25.3. The van der Waals surface area contributed by atoms with E-state index >= 15 is 0 Å². The van der Waals surface area contributed by atoms with Crippen molar-refractivity contribution in [2.24, 2.45) is 0 Å². The molecule has 2 aliphatic rings. The Kier molecular flexibility index (Phi) is 7.84. The van der Waals surface area contributed by atoms with Crippen LogP contribution >= 0.6 is 0 Å². The van der Waals surface area contributed by atoms with Crippen molar-refractivity contribution in [2.45, 2.75) is 82.2 Å². The lowest BCUT2D eigenvalue weighted by Crippen LogP contribution is -2.51. The lowest BCUT2D eigenvalue weighted by atomic mass is 9.94. The third-order valence-electron chi connectivity index (χ3n) is 6.95. The van der Waals surface area contributed by atoms with E-state index in [1.807, 2.05) is 0 Å². The molecule has 3 atom stereocenters. The molecule has 2 heterocycles. The Morgan fingerprint density at radius 2 is 1.86 bits per heavy atom. The molecule has 1 aliphatic carbocycles. The molecule has 2 fully saturated rings. The van der Waals surface area contributed by atoms with E-state index in [4.69, 9.17) is 0 Å². The number of hydrogen-bond acceptors (Lipinski definition) is 6. The van der Waals surface area contributed by atoms with Gasteiger partial charge < -0.3 is 20.8 Å². The van der Waals surface area contributed by atoms with Crippen LogP contribution in [-0.4, -0.2) is 51.7 Å². The molecule has 4 N–H and O–H groups in total. The van der Waals surface area contributed by atoms with Gasteiger partial charge in [-0.2, -0.15) is 0 Å². The first-order valence-electron chi connectivity index (χ1n) is 12.5. The number of aromatic nitrogens is 1. The normalized spacial score (nSPS) is 21.9. The van der Waals surface area contributed by atoms with E-state index in [0.29, 0.717) is 23.4 Å². The zero-order chi connectivity index (χ0) is 25.0. The number of hydrogen-bond donors (Lipinski definition) is 4. The van der Waals surface area contributed by atoms with Crippen LogP contribution in [0.25, 0.3) is 0 Å². The SMILES string of the molecule is CC(C)(O)c1ccc(N(C(=O)C2CC(O)CN2)C(C(=O)NC2CCCCC2)c2cccnc2)cc1. The Bertz CT molecular complexity index is 1000. The molecule has 3 unspecified atom stereocenters. The van der Waals surface area contributed by atoms with E-state index in [0.717, 1.165) is 25.7 Å². The van der Waals surface area contributed by atoms with Crippen molar-refractivity contribution in [3.05, 3.63) is 59.9 Å². The van der Waals surface area contributed by atoms with Gasteiger partial charge in [0.05, 0.1) is 17.7 Å². The number of aliphatic hydroxyl groups excluding tert-OH is 1. The van der Waals surface area contributed by atoms with Crippen molar-refractivity contribution < 1.29 is 19.8 Å². The van der Waals surface area contributed by atoms with Crippen molar-refractivity contribution in [3.8, 4) is 0 Å². The highest BCUT2D eigenvalue weighted by Crippen LogP contribution is 2.32. The number of benzene rings is 1. The van der Waals surface area contributed by atoms with Gasteiger partial charge in [-0.3, -0.25) is 19.5 Å². The smallest absolute Gasteiger partial charge is 0.248 e. The minimum atomic E-state index is -1.04. The highest BCUT2D eigenvalue weighted by atomic mass is 16.3. The van der Waals surface area contributed by atoms with Crippen molar-refractivity contribution in [3.63, 3.8) is 0 Å². The van der Waals surface area contributed by atoms with Crippen LogP contribution < -0.4 is 15.5 Å². The van der Waals surface area contributed by atoms with E-state index in [1.54, 1.807) is 62.6 Å². The van der Waals surface area contributed by atoms with Crippen molar-refractivity contribution in [1.29, 1.82) is 0 Å². The fraction of sp³-hybridized carbons (Fsp3) is 0.519. The van der Waals surface area contributed by atoms with Crippen LogP contribution in [0.3, 0.4) is 0 Å². The van der Waals surface area contributed by atoms with Crippen LogP contribution in [-0.2, 0) is 15.2 Å². The highest BCUT2D eigenvalue weighted by Gasteiger charge is 2.39. The number of carbonyl (C=O) groups is 2. The minimum Gasteiger partial charge on any atom is -0.392 e. The molecule has 1 saturated heterocycles. The van der Waals surface area contributed by atoms with Gasteiger partial charge in [-0.1, -0.05) is 37.5 Å². The number of anilines is 1. The van der Waals surface area contributed by atoms with Gasteiger partial charge in [-0.25, -0.2) is 0 Å².